The number of phosphoric acid groups is 3. The highest BCUT2D eigenvalue weighted by Crippen LogP contribution is 2.66. The van der Waals surface area contributed by atoms with Crippen LogP contribution >= 0.6 is 23.5 Å². The normalized spacial score (nSPS) is 18.9. The summed E-state index contributed by atoms with van der Waals surface area (Å²) in [6, 6.07) is 6.66. The first-order chi connectivity index (χ1) is 30.4. The van der Waals surface area contributed by atoms with Gasteiger partial charge in [0.2, 0.25) is 5.91 Å². The van der Waals surface area contributed by atoms with Gasteiger partial charge in [0, 0.05) is 36.8 Å². The molecule has 1 fully saturated rings. The van der Waals surface area contributed by atoms with E-state index in [9.17, 15) is 33.1 Å². The molecule has 1 aromatic carbocycles. The van der Waals surface area contributed by atoms with Crippen molar-refractivity contribution < 1.29 is 84.4 Å². The Bertz CT molecular complexity index is 2200. The number of benzene rings is 1. The zero-order valence-electron chi connectivity index (χ0n) is 34.7. The molecule has 1 aliphatic heterocycles. The third-order valence-electron chi connectivity index (χ3n) is 8.64. The molecule has 0 aliphatic carbocycles. The van der Waals surface area contributed by atoms with Gasteiger partial charge < -0.3 is 68.9 Å². The molecule has 8 N–H and O–H groups in total. The summed E-state index contributed by atoms with van der Waals surface area (Å²) >= 11 is 0. The average Bonchev–Trinajstić information content (AvgIpc) is 3.82. The van der Waals surface area contributed by atoms with Gasteiger partial charge in [-0.3, -0.25) is 14.1 Å². The molecule has 0 spiro atoms. The van der Waals surface area contributed by atoms with E-state index >= 15 is 0 Å². The molecule has 4 rings (SSSR count). The van der Waals surface area contributed by atoms with E-state index in [2.05, 4.69) is 49.3 Å². The number of nitrogen functional groups attached to an aromatic ring is 1. The second kappa shape index (κ2) is 25.5. The third kappa shape index (κ3) is 17.7. The molecule has 1 aliphatic rings. The zero-order chi connectivity index (χ0) is 46.8. The molecule has 27 heteroatoms. The summed E-state index contributed by atoms with van der Waals surface area (Å²) in [6.45, 7) is 8.60. The minimum Gasteiger partial charge on any atom is -0.488 e. The molecule has 1 saturated heterocycles. The predicted molar refractivity (Wildman–Crippen MR) is 228 cm³/mol. The Morgan fingerprint density at radius 3 is 2.56 bits per heavy atom. The average molecular weight is 963 g/mol. The molecule has 0 bridgehead atoms. The minimum absolute atomic E-state index is 0.0493. The Morgan fingerprint density at radius 1 is 1.05 bits per heavy atom. The number of phosphoric ester groups is 1. The van der Waals surface area contributed by atoms with Gasteiger partial charge in [-0.25, -0.2) is 23.7 Å². The van der Waals surface area contributed by atoms with E-state index in [0.29, 0.717) is 34.5 Å². The van der Waals surface area contributed by atoms with Crippen LogP contribution < -0.4 is 21.1 Å². The van der Waals surface area contributed by atoms with Gasteiger partial charge >= 0.3 is 23.5 Å². The summed E-state index contributed by atoms with van der Waals surface area (Å²) in [4.78, 5) is 71.0. The highest BCUT2D eigenvalue weighted by Gasteiger charge is 2.44. The number of anilines is 1. The van der Waals surface area contributed by atoms with Gasteiger partial charge in [-0.2, -0.15) is 8.62 Å². The minimum atomic E-state index is -5.77. The van der Waals surface area contributed by atoms with Crippen LogP contribution in [0.15, 0.2) is 68.2 Å². The topological polar surface area (TPSA) is 330 Å². The number of hydrogen-bond donors (Lipinski definition) is 7. The molecule has 4 unspecified atom stereocenters. The smallest absolute Gasteiger partial charge is 0.488 e. The van der Waals surface area contributed by atoms with Crippen molar-refractivity contribution in [1.82, 2.24) is 25.2 Å². The van der Waals surface area contributed by atoms with E-state index in [4.69, 9.17) is 48.5 Å². The molecule has 0 radical (unpaired) electrons. The molecule has 6 atom stereocenters. The molecule has 3 aromatic rings. The number of hydrogen-bond acceptors (Lipinski definition) is 17. The van der Waals surface area contributed by atoms with Crippen molar-refractivity contribution >= 4 is 58.2 Å². The Morgan fingerprint density at radius 2 is 1.83 bits per heavy atom. The standard InChI is InChI=1S/C37H53N6O18P3/c1-4-7-8-14-40-37(45)26-11-9-13-28(18-26)55-23-33(54-17-6-3)56-22-31(44)39-15-10-12-27-20-43(36-34(27)35(38)41-24-42-36)32-19-29(57-25-53-16-5-2)30(59-32)21-58-63(49,50)61-64(51,52)60-62(46,47)48/h5-6,9-13,18,20,24,29-30,32-33H,2-4,7-8,14-17,19,21-23,25H2,1H3,(H,39,44)(H,40,45)(H,49,50)(H,51,52)(H2,38,41,42)(H2,46,47,48)/b12-10+/t29-,30?,32-,33?/m1/s1. The number of nitrogens with one attached hydrogen (secondary N) is 2. The van der Waals surface area contributed by atoms with E-state index in [1.54, 1.807) is 47.2 Å². The summed E-state index contributed by atoms with van der Waals surface area (Å²) in [7, 11) is -16.9. The number of rotatable bonds is 30. The zero-order valence-corrected chi connectivity index (χ0v) is 37.4. The number of carbonyl (C=O) groups is 2. The van der Waals surface area contributed by atoms with Crippen LogP contribution in [0.3, 0.4) is 0 Å². The SMILES string of the molecule is C=CCOCO[C@@H]1C[C@H](n2cc(/C=C/CNC(=O)COC(COc3cccc(C(=O)NCCCCC)c3)OCC=C)c3c(N)ncnc32)OC1COP(=O)(O)OP(=O)(O)OP(=O)(O)O. The number of nitrogens with two attached hydrogens (primary N) is 1. The van der Waals surface area contributed by atoms with E-state index in [-0.39, 0.29) is 57.9 Å². The molecule has 24 nitrogen and oxygen atoms in total. The van der Waals surface area contributed by atoms with E-state index in [1.165, 1.54) is 18.5 Å². The maximum atomic E-state index is 12.8. The van der Waals surface area contributed by atoms with Crippen LogP contribution in [-0.2, 0) is 55.3 Å². The fourth-order valence-electron chi connectivity index (χ4n) is 5.89. The van der Waals surface area contributed by atoms with Crippen LogP contribution in [0.2, 0.25) is 0 Å². The first-order valence-corrected chi connectivity index (χ1v) is 24.1. The summed E-state index contributed by atoms with van der Waals surface area (Å²) < 4.78 is 83.6. The fraction of sp³-hybridized carbons (Fsp3) is 0.459. The van der Waals surface area contributed by atoms with Crippen molar-refractivity contribution in [3.05, 3.63) is 79.3 Å². The van der Waals surface area contributed by atoms with Crippen LogP contribution in [-0.4, -0.2) is 117 Å². The molecular weight excluding hydrogens is 909 g/mol. The maximum absolute atomic E-state index is 12.8. The lowest BCUT2D eigenvalue weighted by atomic mass is 10.2. The first kappa shape index (κ1) is 52.4. The number of fused-ring (bicyclic) bond motifs is 1. The molecule has 64 heavy (non-hydrogen) atoms. The number of nitrogens with zero attached hydrogens (tertiary/aromatic N) is 3. The number of unbranched alkanes of at least 4 members (excludes halogenated alkanes) is 2. The van der Waals surface area contributed by atoms with Gasteiger partial charge in [0.15, 0.2) is 6.29 Å². The third-order valence-corrected chi connectivity index (χ3v) is 12.4. The van der Waals surface area contributed by atoms with Gasteiger partial charge in [-0.15, -0.1) is 13.2 Å². The lowest BCUT2D eigenvalue weighted by molar-refractivity contribution is -0.162. The van der Waals surface area contributed by atoms with Gasteiger partial charge in [0.1, 0.15) is 55.9 Å². The van der Waals surface area contributed by atoms with Gasteiger partial charge in [-0.05, 0) is 24.6 Å². The maximum Gasteiger partial charge on any atom is 0.490 e. The largest absolute Gasteiger partial charge is 0.490 e. The van der Waals surface area contributed by atoms with E-state index in [0.717, 1.165) is 19.3 Å². The van der Waals surface area contributed by atoms with E-state index in [1.807, 2.05) is 0 Å². The van der Waals surface area contributed by atoms with Crippen LogP contribution in [0.1, 0.15) is 54.8 Å². The van der Waals surface area contributed by atoms with Crippen molar-refractivity contribution in [3.63, 3.8) is 0 Å². The van der Waals surface area contributed by atoms with Crippen molar-refractivity contribution in [2.45, 2.75) is 57.3 Å². The second-order valence-corrected chi connectivity index (χ2v) is 18.0. The van der Waals surface area contributed by atoms with Crippen molar-refractivity contribution in [1.29, 1.82) is 0 Å². The molecule has 2 amide bonds. The van der Waals surface area contributed by atoms with Crippen LogP contribution in [0.4, 0.5) is 5.82 Å². The highest BCUT2D eigenvalue weighted by atomic mass is 31.3. The monoisotopic (exact) mass is 962 g/mol. The lowest BCUT2D eigenvalue weighted by Gasteiger charge is -2.21. The summed E-state index contributed by atoms with van der Waals surface area (Å²) in [5.74, 6) is -0.177. The first-order valence-electron chi connectivity index (χ1n) is 19.6. The molecular formula is C37H53N6O18P3. The van der Waals surface area contributed by atoms with Crippen molar-refractivity contribution in [3.8, 4) is 5.75 Å². The van der Waals surface area contributed by atoms with Gasteiger partial charge in [-0.1, -0.05) is 50.1 Å². The Labute approximate surface area is 368 Å². The van der Waals surface area contributed by atoms with Crippen LogP contribution in [0.25, 0.3) is 17.1 Å². The number of amides is 2. The summed E-state index contributed by atoms with van der Waals surface area (Å²) in [5, 5.41) is 6.01. The Hall–Kier alpha value is -4.19. The second-order valence-electron chi connectivity index (χ2n) is 13.6. The van der Waals surface area contributed by atoms with Gasteiger partial charge in [0.05, 0.1) is 31.3 Å². The van der Waals surface area contributed by atoms with E-state index < -0.39 is 60.7 Å². The molecule has 3 heterocycles. The summed E-state index contributed by atoms with van der Waals surface area (Å²) in [6.07, 6.45) is 8.25. The molecule has 0 saturated carbocycles. The predicted octanol–water partition coefficient (Wildman–Crippen LogP) is 3.86. The molecule has 2 aromatic heterocycles. The number of carbonyl (C=O) groups excluding carboxylic acids is 2. The quantitative estimate of drug-likeness (QED) is 0.0216. The van der Waals surface area contributed by atoms with Crippen molar-refractivity contribution in [2.75, 3.05) is 58.7 Å². The lowest BCUT2D eigenvalue weighted by Crippen LogP contribution is -2.33. The highest BCUT2D eigenvalue weighted by molar-refractivity contribution is 7.66. The van der Waals surface area contributed by atoms with Crippen LogP contribution in [0.5, 0.6) is 5.75 Å². The van der Waals surface area contributed by atoms with Gasteiger partial charge in [0.25, 0.3) is 5.91 Å². The Balaban J connectivity index is 1.37. The fourth-order valence-corrected chi connectivity index (χ4v) is 8.92. The number of ether oxygens (including phenoxy) is 6. The summed E-state index contributed by atoms with van der Waals surface area (Å²) in [5.41, 5.74) is 7.51. The van der Waals surface area contributed by atoms with Crippen LogP contribution in [0, 0.1) is 0 Å². The molecule has 354 valence electrons. The number of aromatic nitrogens is 3. The Kier molecular flexibility index (Phi) is 20.9. The van der Waals surface area contributed by atoms with Crippen molar-refractivity contribution in [2.24, 2.45) is 0 Å².